The highest BCUT2D eigenvalue weighted by molar-refractivity contribution is 6.12. The van der Waals surface area contributed by atoms with Gasteiger partial charge in [0.15, 0.2) is 0 Å². The van der Waals surface area contributed by atoms with Gasteiger partial charge < -0.3 is 0 Å². The van der Waals surface area contributed by atoms with Crippen molar-refractivity contribution in [1.82, 2.24) is 4.90 Å². The Morgan fingerprint density at radius 2 is 1.50 bits per heavy atom. The molecule has 2 aromatic carbocycles. The van der Waals surface area contributed by atoms with Crippen LogP contribution >= 0.6 is 0 Å². The standard InChI is InChI=1S/C15H11NO2/c17-14-8-9-15(18)16(14)10-12-6-3-5-11-4-1-2-7-13(11)12/h1-9H,10H2. The molecule has 1 heterocycles. The van der Waals surface area contributed by atoms with E-state index >= 15 is 0 Å². The van der Waals surface area contributed by atoms with Crippen LogP contribution in [0, 0.1) is 0 Å². The van der Waals surface area contributed by atoms with Gasteiger partial charge in [0, 0.05) is 12.2 Å². The molecule has 0 bridgehead atoms. The Morgan fingerprint density at radius 1 is 0.833 bits per heavy atom. The number of hydrogen-bond donors (Lipinski definition) is 0. The quantitative estimate of drug-likeness (QED) is 0.751. The molecule has 0 N–H and O–H groups in total. The first-order chi connectivity index (χ1) is 8.75. The van der Waals surface area contributed by atoms with Gasteiger partial charge in [0.1, 0.15) is 0 Å². The van der Waals surface area contributed by atoms with Crippen LogP contribution in [0.1, 0.15) is 5.56 Å². The summed E-state index contributed by atoms with van der Waals surface area (Å²) in [6.45, 7) is 0.325. The van der Waals surface area contributed by atoms with E-state index in [4.69, 9.17) is 0 Å². The highest BCUT2D eigenvalue weighted by Crippen LogP contribution is 2.21. The van der Waals surface area contributed by atoms with Crippen LogP contribution < -0.4 is 0 Å². The van der Waals surface area contributed by atoms with Gasteiger partial charge in [-0.2, -0.15) is 0 Å². The summed E-state index contributed by atoms with van der Waals surface area (Å²) in [4.78, 5) is 24.3. The lowest BCUT2D eigenvalue weighted by Crippen LogP contribution is -2.29. The summed E-state index contributed by atoms with van der Waals surface area (Å²) in [7, 11) is 0. The monoisotopic (exact) mass is 237 g/mol. The van der Waals surface area contributed by atoms with Gasteiger partial charge >= 0.3 is 0 Å². The molecule has 88 valence electrons. The van der Waals surface area contributed by atoms with Crippen molar-refractivity contribution in [2.75, 3.05) is 0 Å². The van der Waals surface area contributed by atoms with Crippen molar-refractivity contribution in [3.63, 3.8) is 0 Å². The molecule has 3 nitrogen and oxygen atoms in total. The molecular formula is C15H11NO2. The van der Waals surface area contributed by atoms with Gasteiger partial charge in [0.25, 0.3) is 11.8 Å². The Morgan fingerprint density at radius 3 is 2.28 bits per heavy atom. The molecule has 0 saturated carbocycles. The summed E-state index contributed by atoms with van der Waals surface area (Å²) < 4.78 is 0. The maximum Gasteiger partial charge on any atom is 0.253 e. The molecule has 0 spiro atoms. The highest BCUT2D eigenvalue weighted by Gasteiger charge is 2.23. The molecule has 0 saturated heterocycles. The first-order valence-corrected chi connectivity index (χ1v) is 5.76. The van der Waals surface area contributed by atoms with Crippen LogP contribution in [0.5, 0.6) is 0 Å². The Balaban J connectivity index is 2.01. The second-order valence-corrected chi connectivity index (χ2v) is 4.23. The molecule has 0 atom stereocenters. The summed E-state index contributed by atoms with van der Waals surface area (Å²) in [6, 6.07) is 13.9. The highest BCUT2D eigenvalue weighted by atomic mass is 16.2. The van der Waals surface area contributed by atoms with E-state index in [1.807, 2.05) is 42.5 Å². The fourth-order valence-corrected chi connectivity index (χ4v) is 2.19. The lowest BCUT2D eigenvalue weighted by molar-refractivity contribution is -0.137. The van der Waals surface area contributed by atoms with Crippen molar-refractivity contribution in [3.8, 4) is 0 Å². The minimum atomic E-state index is -0.243. The van der Waals surface area contributed by atoms with Crippen molar-refractivity contribution >= 4 is 22.6 Å². The fraction of sp³-hybridized carbons (Fsp3) is 0.0667. The van der Waals surface area contributed by atoms with Gasteiger partial charge in [-0.15, -0.1) is 0 Å². The summed E-state index contributed by atoms with van der Waals surface area (Å²) in [5.41, 5.74) is 0.985. The Labute approximate surface area is 104 Å². The zero-order valence-electron chi connectivity index (χ0n) is 9.67. The lowest BCUT2D eigenvalue weighted by Gasteiger charge is -2.15. The number of carbonyl (C=O) groups is 2. The number of fused-ring (bicyclic) bond motifs is 1. The second kappa shape index (κ2) is 4.11. The number of carbonyl (C=O) groups excluding carboxylic acids is 2. The largest absolute Gasteiger partial charge is 0.271 e. The second-order valence-electron chi connectivity index (χ2n) is 4.23. The number of hydrogen-bond acceptors (Lipinski definition) is 2. The molecular weight excluding hydrogens is 226 g/mol. The van der Waals surface area contributed by atoms with Crippen LogP contribution in [0.4, 0.5) is 0 Å². The van der Waals surface area contributed by atoms with E-state index in [0.29, 0.717) is 6.54 Å². The molecule has 0 aromatic heterocycles. The van der Waals surface area contributed by atoms with Crippen molar-refractivity contribution in [2.24, 2.45) is 0 Å². The molecule has 3 heteroatoms. The SMILES string of the molecule is O=C1C=CC(=O)N1Cc1cccc2ccccc12. The van der Waals surface area contributed by atoms with Crippen LogP contribution in [-0.2, 0) is 16.1 Å². The van der Waals surface area contributed by atoms with E-state index in [9.17, 15) is 9.59 Å². The van der Waals surface area contributed by atoms with Gasteiger partial charge in [0.2, 0.25) is 0 Å². The molecule has 0 fully saturated rings. The zero-order valence-corrected chi connectivity index (χ0v) is 9.67. The third-order valence-electron chi connectivity index (χ3n) is 3.11. The molecule has 0 unspecified atom stereocenters. The maximum atomic E-state index is 11.5. The molecule has 1 aliphatic heterocycles. The van der Waals surface area contributed by atoms with Gasteiger partial charge in [0.05, 0.1) is 6.54 Å². The third-order valence-corrected chi connectivity index (χ3v) is 3.11. The Hall–Kier alpha value is -2.42. The predicted molar refractivity (Wildman–Crippen MR) is 68.6 cm³/mol. The van der Waals surface area contributed by atoms with Crippen LogP contribution in [0.25, 0.3) is 10.8 Å². The maximum absolute atomic E-state index is 11.5. The van der Waals surface area contributed by atoms with Crippen LogP contribution in [-0.4, -0.2) is 16.7 Å². The summed E-state index contributed by atoms with van der Waals surface area (Å²) in [5.74, 6) is -0.485. The van der Waals surface area contributed by atoms with Crippen LogP contribution in [0.3, 0.4) is 0 Å². The van der Waals surface area contributed by atoms with E-state index in [1.165, 1.54) is 17.1 Å². The average Bonchev–Trinajstić information content (AvgIpc) is 2.71. The van der Waals surface area contributed by atoms with Crippen LogP contribution in [0.15, 0.2) is 54.6 Å². The molecule has 2 amide bonds. The third kappa shape index (κ3) is 1.70. The molecule has 0 aliphatic carbocycles. The number of benzene rings is 2. The Bertz CT molecular complexity index is 650. The van der Waals surface area contributed by atoms with E-state index < -0.39 is 0 Å². The minimum Gasteiger partial charge on any atom is -0.271 e. The topological polar surface area (TPSA) is 37.4 Å². The first kappa shape index (κ1) is 10.7. The van der Waals surface area contributed by atoms with E-state index in [0.717, 1.165) is 16.3 Å². The average molecular weight is 237 g/mol. The Kier molecular flexibility index (Phi) is 2.45. The molecule has 3 rings (SSSR count). The van der Waals surface area contributed by atoms with E-state index in [1.54, 1.807) is 0 Å². The normalized spacial score (nSPS) is 14.8. The van der Waals surface area contributed by atoms with Gasteiger partial charge in [-0.1, -0.05) is 42.5 Å². The molecule has 1 aliphatic rings. The number of rotatable bonds is 2. The summed E-state index contributed by atoms with van der Waals surface area (Å²) in [6.07, 6.45) is 2.63. The molecule has 2 aromatic rings. The van der Waals surface area contributed by atoms with E-state index in [2.05, 4.69) is 0 Å². The van der Waals surface area contributed by atoms with Gasteiger partial charge in [-0.3, -0.25) is 14.5 Å². The van der Waals surface area contributed by atoms with Crippen molar-refractivity contribution in [2.45, 2.75) is 6.54 Å². The number of imide groups is 1. The number of amides is 2. The zero-order chi connectivity index (χ0) is 12.5. The smallest absolute Gasteiger partial charge is 0.253 e. The lowest BCUT2D eigenvalue weighted by atomic mass is 10.0. The van der Waals surface area contributed by atoms with Gasteiger partial charge in [-0.05, 0) is 16.3 Å². The van der Waals surface area contributed by atoms with Crippen molar-refractivity contribution in [3.05, 3.63) is 60.2 Å². The predicted octanol–water partition coefficient (Wildman–Crippen LogP) is 2.26. The first-order valence-electron chi connectivity index (χ1n) is 5.76. The fourth-order valence-electron chi connectivity index (χ4n) is 2.19. The van der Waals surface area contributed by atoms with Crippen molar-refractivity contribution < 1.29 is 9.59 Å². The van der Waals surface area contributed by atoms with Gasteiger partial charge in [-0.25, -0.2) is 0 Å². The number of nitrogens with zero attached hydrogens (tertiary/aromatic N) is 1. The molecule has 18 heavy (non-hydrogen) atoms. The van der Waals surface area contributed by atoms with E-state index in [-0.39, 0.29) is 11.8 Å². The van der Waals surface area contributed by atoms with Crippen molar-refractivity contribution in [1.29, 1.82) is 0 Å². The molecule has 0 radical (unpaired) electrons. The van der Waals surface area contributed by atoms with Crippen LogP contribution in [0.2, 0.25) is 0 Å². The summed E-state index contributed by atoms with van der Waals surface area (Å²) >= 11 is 0. The minimum absolute atomic E-state index is 0.243. The summed E-state index contributed by atoms with van der Waals surface area (Å²) in [5, 5.41) is 2.19.